The van der Waals surface area contributed by atoms with Crippen LogP contribution in [0.1, 0.15) is 6.92 Å². The molecule has 0 radical (unpaired) electrons. The van der Waals surface area contributed by atoms with Gasteiger partial charge in [0.1, 0.15) is 12.4 Å². The van der Waals surface area contributed by atoms with E-state index in [-0.39, 0.29) is 11.9 Å². The second-order valence-corrected chi connectivity index (χ2v) is 5.45. The summed E-state index contributed by atoms with van der Waals surface area (Å²) < 4.78 is 10.3. The Balaban J connectivity index is 2.35. The number of likely N-dealkylation sites (N-methyl/N-ethyl adjacent to an activating group) is 1. The van der Waals surface area contributed by atoms with Gasteiger partial charge in [-0.2, -0.15) is 0 Å². The number of halogens is 2. The van der Waals surface area contributed by atoms with Gasteiger partial charge in [-0.1, -0.05) is 30.1 Å². The smallest absolute Gasteiger partial charge is 0.309 e. The Hall–Kier alpha value is -0.970. The standard InChI is InChI=1S/C14H19Cl2NO3/c1-10(14(18)19-3)9-17(2)6-7-20-13-5-4-11(15)8-12(13)16/h4-5,8,10H,6-7,9H2,1-3H3. The molecule has 0 bridgehead atoms. The van der Waals surface area contributed by atoms with Crippen LogP contribution in [0.25, 0.3) is 0 Å². The Kier molecular flexibility index (Phi) is 7.13. The van der Waals surface area contributed by atoms with Crippen LogP contribution in [-0.2, 0) is 9.53 Å². The molecule has 6 heteroatoms. The zero-order chi connectivity index (χ0) is 15.1. The summed E-state index contributed by atoms with van der Waals surface area (Å²) in [7, 11) is 3.32. The Morgan fingerprint density at radius 1 is 1.40 bits per heavy atom. The van der Waals surface area contributed by atoms with Crippen molar-refractivity contribution in [1.29, 1.82) is 0 Å². The fraction of sp³-hybridized carbons (Fsp3) is 0.500. The Morgan fingerprint density at radius 3 is 2.70 bits per heavy atom. The number of hydrogen-bond donors (Lipinski definition) is 0. The van der Waals surface area contributed by atoms with E-state index >= 15 is 0 Å². The predicted molar refractivity (Wildman–Crippen MR) is 80.6 cm³/mol. The number of ether oxygens (including phenoxy) is 2. The molecule has 0 aliphatic rings. The Morgan fingerprint density at radius 2 is 2.10 bits per heavy atom. The number of esters is 1. The molecule has 20 heavy (non-hydrogen) atoms. The maximum absolute atomic E-state index is 11.3. The molecule has 1 aromatic carbocycles. The molecule has 0 amide bonds. The minimum absolute atomic E-state index is 0.163. The van der Waals surface area contributed by atoms with E-state index in [1.807, 2.05) is 18.9 Å². The van der Waals surface area contributed by atoms with Crippen LogP contribution < -0.4 is 4.74 Å². The molecule has 0 saturated heterocycles. The Labute approximate surface area is 129 Å². The summed E-state index contributed by atoms with van der Waals surface area (Å²) in [4.78, 5) is 13.3. The third-order valence-corrected chi connectivity index (χ3v) is 3.34. The van der Waals surface area contributed by atoms with E-state index in [4.69, 9.17) is 27.9 Å². The van der Waals surface area contributed by atoms with E-state index in [0.29, 0.717) is 35.5 Å². The van der Waals surface area contributed by atoms with Crippen molar-refractivity contribution in [2.45, 2.75) is 6.92 Å². The molecule has 0 saturated carbocycles. The van der Waals surface area contributed by atoms with Crippen molar-refractivity contribution in [3.05, 3.63) is 28.2 Å². The summed E-state index contributed by atoms with van der Waals surface area (Å²) in [6.07, 6.45) is 0. The van der Waals surface area contributed by atoms with Crippen molar-refractivity contribution in [1.82, 2.24) is 4.90 Å². The van der Waals surface area contributed by atoms with E-state index in [1.54, 1.807) is 18.2 Å². The van der Waals surface area contributed by atoms with Crippen molar-refractivity contribution in [2.24, 2.45) is 5.92 Å². The molecule has 1 atom stereocenters. The molecule has 1 unspecified atom stereocenters. The van der Waals surface area contributed by atoms with Crippen molar-refractivity contribution < 1.29 is 14.3 Å². The largest absolute Gasteiger partial charge is 0.491 e. The number of carbonyl (C=O) groups is 1. The van der Waals surface area contributed by atoms with Gasteiger partial charge in [-0.25, -0.2) is 0 Å². The SMILES string of the molecule is COC(=O)C(C)CN(C)CCOc1ccc(Cl)cc1Cl. The average molecular weight is 320 g/mol. The van der Waals surface area contributed by atoms with Crippen molar-refractivity contribution in [3.8, 4) is 5.75 Å². The highest BCUT2D eigenvalue weighted by molar-refractivity contribution is 6.35. The molecule has 0 heterocycles. The minimum Gasteiger partial charge on any atom is -0.491 e. The first-order valence-electron chi connectivity index (χ1n) is 6.28. The first-order valence-corrected chi connectivity index (χ1v) is 7.04. The van der Waals surface area contributed by atoms with Crippen LogP contribution in [0.15, 0.2) is 18.2 Å². The third kappa shape index (κ3) is 5.57. The number of rotatable bonds is 7. The first kappa shape index (κ1) is 17.1. The fourth-order valence-corrected chi connectivity index (χ4v) is 2.20. The van der Waals surface area contributed by atoms with Gasteiger partial charge in [0.15, 0.2) is 0 Å². The number of benzene rings is 1. The highest BCUT2D eigenvalue weighted by Gasteiger charge is 2.15. The lowest BCUT2D eigenvalue weighted by Crippen LogP contribution is -2.32. The minimum atomic E-state index is -0.210. The normalized spacial score (nSPS) is 12.3. The van der Waals surface area contributed by atoms with E-state index < -0.39 is 0 Å². The van der Waals surface area contributed by atoms with Crippen molar-refractivity contribution in [2.75, 3.05) is 33.9 Å². The van der Waals surface area contributed by atoms with E-state index in [9.17, 15) is 4.79 Å². The van der Waals surface area contributed by atoms with Crippen molar-refractivity contribution in [3.63, 3.8) is 0 Å². The van der Waals surface area contributed by atoms with Crippen LogP contribution in [0, 0.1) is 5.92 Å². The zero-order valence-corrected chi connectivity index (χ0v) is 13.4. The monoisotopic (exact) mass is 319 g/mol. The number of nitrogens with zero attached hydrogens (tertiary/aromatic N) is 1. The molecule has 0 aliphatic carbocycles. The summed E-state index contributed by atoms with van der Waals surface area (Å²) in [6.45, 7) is 3.61. The van der Waals surface area contributed by atoms with Crippen LogP contribution in [0.5, 0.6) is 5.75 Å². The molecule has 0 spiro atoms. The van der Waals surface area contributed by atoms with Crippen LogP contribution in [0.2, 0.25) is 10.0 Å². The lowest BCUT2D eigenvalue weighted by atomic mass is 10.2. The maximum Gasteiger partial charge on any atom is 0.309 e. The second-order valence-electron chi connectivity index (χ2n) is 4.61. The molecule has 0 N–H and O–H groups in total. The molecule has 1 aromatic rings. The van der Waals surface area contributed by atoms with E-state index in [2.05, 4.69) is 4.74 Å². The van der Waals surface area contributed by atoms with E-state index in [1.165, 1.54) is 7.11 Å². The number of methoxy groups -OCH3 is 1. The van der Waals surface area contributed by atoms with Gasteiger partial charge >= 0.3 is 5.97 Å². The fourth-order valence-electron chi connectivity index (χ4n) is 1.74. The highest BCUT2D eigenvalue weighted by atomic mass is 35.5. The molecule has 4 nitrogen and oxygen atoms in total. The van der Waals surface area contributed by atoms with Gasteiger partial charge in [0.05, 0.1) is 18.1 Å². The van der Waals surface area contributed by atoms with Gasteiger partial charge in [0, 0.05) is 18.1 Å². The van der Waals surface area contributed by atoms with Crippen LogP contribution in [-0.4, -0.2) is 44.7 Å². The average Bonchev–Trinajstić information content (AvgIpc) is 2.40. The van der Waals surface area contributed by atoms with Gasteiger partial charge in [0.25, 0.3) is 0 Å². The van der Waals surface area contributed by atoms with E-state index in [0.717, 1.165) is 0 Å². The van der Waals surface area contributed by atoms with Crippen LogP contribution in [0.4, 0.5) is 0 Å². The molecular weight excluding hydrogens is 301 g/mol. The molecule has 112 valence electrons. The zero-order valence-electron chi connectivity index (χ0n) is 11.9. The lowest BCUT2D eigenvalue weighted by molar-refractivity contribution is -0.145. The second kappa shape index (κ2) is 8.35. The number of carbonyl (C=O) groups excluding carboxylic acids is 1. The molecule has 0 aromatic heterocycles. The van der Waals surface area contributed by atoms with Gasteiger partial charge in [-0.3, -0.25) is 4.79 Å². The molecule has 0 fully saturated rings. The quantitative estimate of drug-likeness (QED) is 0.724. The highest BCUT2D eigenvalue weighted by Crippen LogP contribution is 2.27. The van der Waals surface area contributed by atoms with Crippen LogP contribution in [0.3, 0.4) is 0 Å². The molecule has 1 rings (SSSR count). The van der Waals surface area contributed by atoms with Gasteiger partial charge in [-0.05, 0) is 25.2 Å². The van der Waals surface area contributed by atoms with Crippen molar-refractivity contribution >= 4 is 29.2 Å². The van der Waals surface area contributed by atoms with Gasteiger partial charge < -0.3 is 14.4 Å². The first-order chi connectivity index (χ1) is 9.43. The third-order valence-electron chi connectivity index (χ3n) is 2.81. The molecule has 0 aliphatic heterocycles. The summed E-state index contributed by atoms with van der Waals surface area (Å²) >= 11 is 11.8. The van der Waals surface area contributed by atoms with Gasteiger partial charge in [-0.15, -0.1) is 0 Å². The van der Waals surface area contributed by atoms with Gasteiger partial charge in [0.2, 0.25) is 0 Å². The van der Waals surface area contributed by atoms with Crippen LogP contribution >= 0.6 is 23.2 Å². The number of hydrogen-bond acceptors (Lipinski definition) is 4. The Bertz CT molecular complexity index is 454. The lowest BCUT2D eigenvalue weighted by Gasteiger charge is -2.20. The summed E-state index contributed by atoms with van der Waals surface area (Å²) in [5, 5.41) is 1.06. The summed E-state index contributed by atoms with van der Waals surface area (Å²) in [6, 6.07) is 5.11. The predicted octanol–water partition coefficient (Wildman–Crippen LogP) is 3.11. The maximum atomic E-state index is 11.3. The summed E-state index contributed by atoms with van der Waals surface area (Å²) in [5.74, 6) is 0.230. The topological polar surface area (TPSA) is 38.8 Å². The summed E-state index contributed by atoms with van der Waals surface area (Å²) in [5.41, 5.74) is 0. The molecular formula is C14H19Cl2NO3.